The maximum Gasteiger partial charge on any atom is 0.335 e. The van der Waals surface area contributed by atoms with Crippen molar-refractivity contribution < 1.29 is 28.9 Å². The fourth-order valence-corrected chi connectivity index (χ4v) is 6.69. The normalized spacial score (nSPS) is 18.0. The molecule has 9 heteroatoms. The van der Waals surface area contributed by atoms with Gasteiger partial charge in [-0.25, -0.2) is 4.79 Å². The van der Waals surface area contributed by atoms with Crippen LogP contribution in [0, 0.1) is 5.92 Å². The van der Waals surface area contributed by atoms with Gasteiger partial charge in [0.15, 0.2) is 0 Å². The van der Waals surface area contributed by atoms with Crippen molar-refractivity contribution in [3.05, 3.63) is 83.6 Å². The van der Waals surface area contributed by atoms with Crippen LogP contribution >= 0.6 is 0 Å². The third kappa shape index (κ3) is 6.90. The van der Waals surface area contributed by atoms with Crippen LogP contribution in [0.3, 0.4) is 0 Å². The van der Waals surface area contributed by atoms with Gasteiger partial charge in [0, 0.05) is 75.4 Å². The van der Waals surface area contributed by atoms with Crippen molar-refractivity contribution in [3.63, 3.8) is 0 Å². The predicted octanol–water partition coefficient (Wildman–Crippen LogP) is 5.85. The van der Waals surface area contributed by atoms with Gasteiger partial charge < -0.3 is 34.1 Å². The standard InChI is InChI=1S/C37H43N3O6/c1-39-23-34(32-19-27(9-12-35(32)39)25-5-7-26(8-6-25)37(42)43)31-13-14-38-21-33(31)36(41)40(28-10-11-28)22-24-17-29(45-3)20-30(18-24)46-16-4-15-44-2/h5-9,12,17-20,23,28,31,33,38H,4,10-11,13-16,21-22H2,1-3H3,(H,42,43)/t31-,33-/m0/s1. The lowest BCUT2D eigenvalue weighted by atomic mass is 9.80. The molecule has 3 aromatic carbocycles. The molecule has 1 aliphatic heterocycles. The fraction of sp³-hybridized carbons (Fsp3) is 0.405. The average Bonchev–Trinajstić information content (AvgIpc) is 3.87. The molecule has 2 aliphatic rings. The van der Waals surface area contributed by atoms with Crippen LogP contribution in [-0.4, -0.2) is 73.0 Å². The van der Waals surface area contributed by atoms with Gasteiger partial charge in [-0.3, -0.25) is 4.79 Å². The predicted molar refractivity (Wildman–Crippen MR) is 178 cm³/mol. The number of piperidine rings is 1. The van der Waals surface area contributed by atoms with Gasteiger partial charge in [-0.05, 0) is 84.5 Å². The lowest BCUT2D eigenvalue weighted by Crippen LogP contribution is -2.47. The Bertz CT molecular complexity index is 1690. The van der Waals surface area contributed by atoms with E-state index in [-0.39, 0.29) is 29.3 Å². The smallest absolute Gasteiger partial charge is 0.335 e. The van der Waals surface area contributed by atoms with Gasteiger partial charge >= 0.3 is 5.97 Å². The summed E-state index contributed by atoms with van der Waals surface area (Å²) in [5.74, 6) is 0.552. The number of aromatic carboxylic acids is 1. The van der Waals surface area contributed by atoms with E-state index in [4.69, 9.17) is 14.2 Å². The molecule has 2 atom stereocenters. The first-order valence-corrected chi connectivity index (χ1v) is 16.1. The number of amides is 1. The Labute approximate surface area is 270 Å². The third-order valence-electron chi connectivity index (χ3n) is 9.24. The van der Waals surface area contributed by atoms with Crippen molar-refractivity contribution in [1.29, 1.82) is 0 Å². The van der Waals surface area contributed by atoms with E-state index >= 15 is 0 Å². The van der Waals surface area contributed by atoms with Crippen LogP contribution in [-0.2, 0) is 23.1 Å². The van der Waals surface area contributed by atoms with E-state index in [1.807, 2.05) is 30.3 Å². The van der Waals surface area contributed by atoms with Gasteiger partial charge in [-0.1, -0.05) is 18.2 Å². The number of hydrogen-bond acceptors (Lipinski definition) is 6. The number of carbonyl (C=O) groups is 2. The van der Waals surface area contributed by atoms with Crippen molar-refractivity contribution in [2.24, 2.45) is 13.0 Å². The summed E-state index contributed by atoms with van der Waals surface area (Å²) in [6, 6.07) is 19.5. The lowest BCUT2D eigenvalue weighted by molar-refractivity contribution is -0.138. The van der Waals surface area contributed by atoms with Crippen molar-refractivity contribution in [2.75, 3.05) is 40.5 Å². The molecule has 9 nitrogen and oxygen atoms in total. The Morgan fingerprint density at radius 1 is 0.957 bits per heavy atom. The molecule has 0 spiro atoms. The summed E-state index contributed by atoms with van der Waals surface area (Å²) in [6.45, 7) is 3.16. The number of ether oxygens (including phenoxy) is 3. The van der Waals surface area contributed by atoms with Crippen LogP contribution in [0.1, 0.15) is 53.1 Å². The quantitative estimate of drug-likeness (QED) is 0.180. The minimum Gasteiger partial charge on any atom is -0.497 e. The number of benzene rings is 3. The number of rotatable bonds is 13. The van der Waals surface area contributed by atoms with E-state index in [9.17, 15) is 14.7 Å². The molecule has 1 aliphatic carbocycles. The Kier molecular flexibility index (Phi) is 9.61. The number of hydrogen-bond donors (Lipinski definition) is 2. The van der Waals surface area contributed by atoms with Crippen LogP contribution in [0.25, 0.3) is 22.0 Å². The highest BCUT2D eigenvalue weighted by molar-refractivity contribution is 5.92. The Morgan fingerprint density at radius 2 is 1.72 bits per heavy atom. The third-order valence-corrected chi connectivity index (χ3v) is 9.24. The molecule has 242 valence electrons. The number of methoxy groups -OCH3 is 2. The molecule has 0 bridgehead atoms. The summed E-state index contributed by atoms with van der Waals surface area (Å²) in [5, 5.41) is 14.0. The molecule has 2 N–H and O–H groups in total. The van der Waals surface area contributed by atoms with Crippen molar-refractivity contribution in [1.82, 2.24) is 14.8 Å². The first-order valence-electron chi connectivity index (χ1n) is 16.1. The van der Waals surface area contributed by atoms with Crippen LogP contribution in [0.15, 0.2) is 66.9 Å². The second-order valence-electron chi connectivity index (χ2n) is 12.4. The largest absolute Gasteiger partial charge is 0.497 e. The lowest BCUT2D eigenvalue weighted by Gasteiger charge is -2.35. The number of carboxylic acid groups (broad SMARTS) is 1. The van der Waals surface area contributed by atoms with E-state index in [1.54, 1.807) is 26.4 Å². The molecule has 46 heavy (non-hydrogen) atoms. The van der Waals surface area contributed by atoms with Gasteiger partial charge in [0.1, 0.15) is 11.5 Å². The molecule has 6 rings (SSSR count). The first kappa shape index (κ1) is 31.6. The summed E-state index contributed by atoms with van der Waals surface area (Å²) >= 11 is 0. The van der Waals surface area contributed by atoms with Gasteiger partial charge in [0.05, 0.1) is 25.2 Å². The molecular formula is C37H43N3O6. The number of carboxylic acids is 1. The summed E-state index contributed by atoms with van der Waals surface area (Å²) in [6.07, 6.45) is 5.87. The first-order chi connectivity index (χ1) is 22.4. The molecule has 0 unspecified atom stereocenters. The molecule has 2 heterocycles. The minimum absolute atomic E-state index is 0.0633. The molecule has 1 saturated heterocycles. The van der Waals surface area contributed by atoms with E-state index < -0.39 is 5.97 Å². The van der Waals surface area contributed by atoms with Gasteiger partial charge in [0.2, 0.25) is 5.91 Å². The summed E-state index contributed by atoms with van der Waals surface area (Å²) in [7, 11) is 5.39. The van der Waals surface area contributed by atoms with Crippen LogP contribution in [0.5, 0.6) is 11.5 Å². The zero-order valence-corrected chi connectivity index (χ0v) is 26.8. The van der Waals surface area contributed by atoms with Gasteiger partial charge in [-0.2, -0.15) is 0 Å². The highest BCUT2D eigenvalue weighted by Gasteiger charge is 2.41. The molecule has 1 saturated carbocycles. The average molecular weight is 626 g/mol. The second kappa shape index (κ2) is 14.0. The molecule has 1 aromatic heterocycles. The Hall–Kier alpha value is -4.34. The Balaban J connectivity index is 1.28. The zero-order valence-electron chi connectivity index (χ0n) is 26.8. The SMILES string of the molecule is COCCCOc1cc(CN(C(=O)[C@H]2CNCC[C@@H]2c2cn(C)c3ccc(-c4ccc(C(=O)O)cc4)cc23)C2CC2)cc(OC)c1. The number of aryl methyl sites for hydroxylation is 1. The minimum atomic E-state index is -0.938. The highest BCUT2D eigenvalue weighted by atomic mass is 16.5. The van der Waals surface area contributed by atoms with Crippen LogP contribution in [0.2, 0.25) is 0 Å². The molecule has 4 aromatic rings. The molecular weight excluding hydrogens is 582 g/mol. The fourth-order valence-electron chi connectivity index (χ4n) is 6.69. The molecule has 2 fully saturated rings. The van der Waals surface area contributed by atoms with Crippen molar-refractivity contribution in [2.45, 2.75) is 44.2 Å². The maximum atomic E-state index is 14.5. The Morgan fingerprint density at radius 3 is 2.43 bits per heavy atom. The van der Waals surface area contributed by atoms with E-state index in [1.165, 1.54) is 5.56 Å². The monoisotopic (exact) mass is 625 g/mol. The number of carbonyl (C=O) groups excluding carboxylic acids is 1. The van der Waals surface area contributed by atoms with E-state index in [0.717, 1.165) is 65.6 Å². The van der Waals surface area contributed by atoms with E-state index in [0.29, 0.717) is 32.1 Å². The number of nitrogens with one attached hydrogen (secondary N) is 1. The second-order valence-corrected chi connectivity index (χ2v) is 12.4. The summed E-state index contributed by atoms with van der Waals surface area (Å²) in [4.78, 5) is 28.0. The summed E-state index contributed by atoms with van der Waals surface area (Å²) < 4.78 is 18.9. The number of fused-ring (bicyclic) bond motifs is 1. The van der Waals surface area contributed by atoms with Gasteiger partial charge in [-0.15, -0.1) is 0 Å². The van der Waals surface area contributed by atoms with Gasteiger partial charge in [0.25, 0.3) is 0 Å². The maximum absolute atomic E-state index is 14.5. The van der Waals surface area contributed by atoms with Crippen LogP contribution in [0.4, 0.5) is 0 Å². The summed E-state index contributed by atoms with van der Waals surface area (Å²) in [5.41, 5.74) is 5.53. The zero-order chi connectivity index (χ0) is 32.2. The van der Waals surface area contributed by atoms with Crippen molar-refractivity contribution in [3.8, 4) is 22.6 Å². The number of nitrogens with zero attached hydrogens (tertiary/aromatic N) is 2. The van der Waals surface area contributed by atoms with Crippen molar-refractivity contribution >= 4 is 22.8 Å². The van der Waals surface area contributed by atoms with E-state index in [2.05, 4.69) is 46.2 Å². The molecule has 1 amide bonds. The van der Waals surface area contributed by atoms with Crippen LogP contribution < -0.4 is 14.8 Å². The topological polar surface area (TPSA) is 102 Å². The number of aromatic nitrogens is 1. The highest BCUT2D eigenvalue weighted by Crippen LogP contribution is 2.40. The molecule has 0 radical (unpaired) electrons.